The minimum Gasteiger partial charge on any atom is -0.354 e. The number of nitrogens with one attached hydrogen (secondary N) is 1. The summed E-state index contributed by atoms with van der Waals surface area (Å²) < 4.78 is 25.4. The summed E-state index contributed by atoms with van der Waals surface area (Å²) in [6.07, 6.45) is 1.95. The third-order valence-corrected chi connectivity index (χ3v) is 7.03. The number of aryl methyl sites for hydroxylation is 1. The van der Waals surface area contributed by atoms with E-state index in [9.17, 15) is 13.2 Å². The Balaban J connectivity index is 1.85. The summed E-state index contributed by atoms with van der Waals surface area (Å²) in [5.74, 6) is 0.928. The van der Waals surface area contributed by atoms with Crippen molar-refractivity contribution >= 4 is 56.6 Å². The number of nitrogens with zero attached hydrogens (tertiary/aromatic N) is 1. The molecule has 9 heteroatoms. The number of sulfonamides is 1. The third kappa shape index (κ3) is 7.41. The van der Waals surface area contributed by atoms with Crippen molar-refractivity contribution in [2.45, 2.75) is 19.1 Å². The minimum atomic E-state index is -3.58. The third-order valence-electron chi connectivity index (χ3n) is 4.20. The fourth-order valence-corrected chi connectivity index (χ4v) is 5.04. The number of halogens is 2. The molecule has 5 nitrogen and oxygen atoms in total. The first-order valence-corrected chi connectivity index (χ1v) is 12.8. The maximum atomic E-state index is 12.3. The minimum absolute atomic E-state index is 0.259. The summed E-state index contributed by atoms with van der Waals surface area (Å²) in [7, 11) is -3.58. The van der Waals surface area contributed by atoms with Crippen LogP contribution in [-0.2, 0) is 27.0 Å². The molecule has 0 heterocycles. The van der Waals surface area contributed by atoms with Crippen LogP contribution in [0.15, 0.2) is 42.5 Å². The van der Waals surface area contributed by atoms with E-state index in [1.54, 1.807) is 42.1 Å². The highest BCUT2D eigenvalue weighted by Crippen LogP contribution is 2.28. The van der Waals surface area contributed by atoms with Crippen LogP contribution in [0.5, 0.6) is 0 Å². The van der Waals surface area contributed by atoms with Gasteiger partial charge in [-0.15, -0.1) is 0 Å². The monoisotopic (exact) mass is 474 g/mol. The van der Waals surface area contributed by atoms with E-state index in [-0.39, 0.29) is 12.5 Å². The SMILES string of the molecule is CCc1ccc(N(CC(=O)NCCSCc2c(Cl)cccc2Cl)S(C)(=O)=O)cc1. The van der Waals surface area contributed by atoms with Crippen LogP contribution >= 0.6 is 35.0 Å². The molecule has 2 aromatic carbocycles. The van der Waals surface area contributed by atoms with Crippen molar-refractivity contribution in [3.05, 3.63) is 63.6 Å². The van der Waals surface area contributed by atoms with Gasteiger partial charge in [0, 0.05) is 28.1 Å². The van der Waals surface area contributed by atoms with Gasteiger partial charge < -0.3 is 5.32 Å². The number of anilines is 1. The average molecular weight is 475 g/mol. The molecule has 2 aromatic rings. The van der Waals surface area contributed by atoms with Gasteiger partial charge in [0.25, 0.3) is 0 Å². The Morgan fingerprint density at radius 2 is 1.72 bits per heavy atom. The maximum absolute atomic E-state index is 12.3. The number of amides is 1. The molecule has 0 saturated carbocycles. The second-order valence-corrected chi connectivity index (χ2v) is 10.2. The first-order chi connectivity index (χ1) is 13.7. The Labute approximate surface area is 186 Å². The molecule has 0 bridgehead atoms. The zero-order valence-corrected chi connectivity index (χ0v) is 19.5. The van der Waals surface area contributed by atoms with Gasteiger partial charge in [0.2, 0.25) is 15.9 Å². The van der Waals surface area contributed by atoms with Crippen molar-refractivity contribution in [2.24, 2.45) is 0 Å². The van der Waals surface area contributed by atoms with Crippen molar-refractivity contribution in [1.29, 1.82) is 0 Å². The zero-order chi connectivity index (χ0) is 21.4. The van der Waals surface area contributed by atoms with E-state index in [1.165, 1.54) is 0 Å². The molecule has 2 rings (SSSR count). The number of hydrogen-bond donors (Lipinski definition) is 1. The van der Waals surface area contributed by atoms with Crippen molar-refractivity contribution in [3.63, 3.8) is 0 Å². The molecule has 1 N–H and O–H groups in total. The van der Waals surface area contributed by atoms with Crippen LogP contribution in [0.2, 0.25) is 10.0 Å². The highest BCUT2D eigenvalue weighted by Gasteiger charge is 2.20. The van der Waals surface area contributed by atoms with Crippen molar-refractivity contribution < 1.29 is 13.2 Å². The highest BCUT2D eigenvalue weighted by atomic mass is 35.5. The molecule has 1 amide bonds. The van der Waals surface area contributed by atoms with E-state index in [0.717, 1.165) is 28.1 Å². The first kappa shape index (κ1) is 23.9. The van der Waals surface area contributed by atoms with Crippen LogP contribution in [0.3, 0.4) is 0 Å². The van der Waals surface area contributed by atoms with E-state index >= 15 is 0 Å². The normalized spacial score (nSPS) is 11.3. The maximum Gasteiger partial charge on any atom is 0.240 e. The van der Waals surface area contributed by atoms with Gasteiger partial charge in [-0.3, -0.25) is 9.10 Å². The fourth-order valence-electron chi connectivity index (χ4n) is 2.59. The number of rotatable bonds is 10. The lowest BCUT2D eigenvalue weighted by molar-refractivity contribution is -0.119. The van der Waals surface area contributed by atoms with Gasteiger partial charge in [0.05, 0.1) is 11.9 Å². The molecule has 0 radical (unpaired) electrons. The van der Waals surface area contributed by atoms with Crippen LogP contribution in [-0.4, -0.2) is 39.4 Å². The number of carbonyl (C=O) groups is 1. The number of thioether (sulfide) groups is 1. The molecule has 0 unspecified atom stereocenters. The second kappa shape index (κ2) is 11.1. The molecule has 0 saturated heterocycles. The summed E-state index contributed by atoms with van der Waals surface area (Å²) in [6.45, 7) is 2.18. The first-order valence-electron chi connectivity index (χ1n) is 9.06. The topological polar surface area (TPSA) is 66.5 Å². The Kier molecular flexibility index (Phi) is 9.14. The molecule has 29 heavy (non-hydrogen) atoms. The molecule has 0 aliphatic carbocycles. The molecule has 158 valence electrons. The average Bonchev–Trinajstić information content (AvgIpc) is 2.67. The Bertz CT molecular complexity index is 915. The van der Waals surface area contributed by atoms with Gasteiger partial charge in [-0.05, 0) is 41.8 Å². The number of carbonyl (C=O) groups excluding carboxylic acids is 1. The van der Waals surface area contributed by atoms with Crippen LogP contribution in [0.4, 0.5) is 5.69 Å². The Morgan fingerprint density at radius 3 is 2.28 bits per heavy atom. The number of hydrogen-bond acceptors (Lipinski definition) is 4. The standard InChI is InChI=1S/C20H24Cl2N2O3S2/c1-3-15-7-9-16(10-8-15)24(29(2,26)27)13-20(25)23-11-12-28-14-17-18(21)5-4-6-19(17)22/h4-10H,3,11-14H2,1-2H3,(H,23,25). The van der Waals surface area contributed by atoms with Crippen LogP contribution in [0.25, 0.3) is 0 Å². The van der Waals surface area contributed by atoms with Crippen LogP contribution in [0.1, 0.15) is 18.1 Å². The Hall–Kier alpha value is -1.41. The van der Waals surface area contributed by atoms with Gasteiger partial charge in [-0.2, -0.15) is 11.8 Å². The summed E-state index contributed by atoms with van der Waals surface area (Å²) in [5.41, 5.74) is 2.44. The van der Waals surface area contributed by atoms with Gasteiger partial charge in [-0.1, -0.05) is 48.3 Å². The molecule has 0 fully saturated rings. The lowest BCUT2D eigenvalue weighted by Crippen LogP contribution is -2.41. The molecular formula is C20H24Cl2N2O3S2. The Morgan fingerprint density at radius 1 is 1.10 bits per heavy atom. The lowest BCUT2D eigenvalue weighted by Gasteiger charge is -2.22. The fraction of sp³-hybridized carbons (Fsp3) is 0.350. The smallest absolute Gasteiger partial charge is 0.240 e. The number of benzene rings is 2. The quantitative estimate of drug-likeness (QED) is 0.519. The lowest BCUT2D eigenvalue weighted by atomic mass is 10.1. The van der Waals surface area contributed by atoms with Gasteiger partial charge >= 0.3 is 0 Å². The predicted molar refractivity (Wildman–Crippen MR) is 124 cm³/mol. The highest BCUT2D eigenvalue weighted by molar-refractivity contribution is 7.98. The van der Waals surface area contributed by atoms with Crippen molar-refractivity contribution in [3.8, 4) is 0 Å². The summed E-state index contributed by atoms with van der Waals surface area (Å²) in [5, 5.41) is 4.00. The van der Waals surface area contributed by atoms with E-state index in [1.807, 2.05) is 19.1 Å². The van der Waals surface area contributed by atoms with Crippen molar-refractivity contribution in [1.82, 2.24) is 5.32 Å². The summed E-state index contributed by atoms with van der Waals surface area (Å²) in [6, 6.07) is 12.5. The molecule has 0 atom stereocenters. The van der Waals surface area contributed by atoms with Gasteiger partial charge in [0.1, 0.15) is 6.54 Å². The van der Waals surface area contributed by atoms with Crippen LogP contribution < -0.4 is 9.62 Å². The van der Waals surface area contributed by atoms with E-state index in [4.69, 9.17) is 23.2 Å². The zero-order valence-electron chi connectivity index (χ0n) is 16.3. The van der Waals surface area contributed by atoms with E-state index < -0.39 is 10.0 Å². The molecular weight excluding hydrogens is 451 g/mol. The molecule has 0 aliphatic heterocycles. The van der Waals surface area contributed by atoms with E-state index in [2.05, 4.69) is 5.32 Å². The molecule has 0 aromatic heterocycles. The molecule has 0 aliphatic rings. The van der Waals surface area contributed by atoms with E-state index in [0.29, 0.717) is 33.8 Å². The summed E-state index contributed by atoms with van der Waals surface area (Å²) >= 11 is 13.9. The predicted octanol–water partition coefficient (Wildman–Crippen LogP) is 4.37. The summed E-state index contributed by atoms with van der Waals surface area (Å²) in [4.78, 5) is 12.3. The van der Waals surface area contributed by atoms with Crippen molar-refractivity contribution in [2.75, 3.05) is 29.4 Å². The second-order valence-electron chi connectivity index (χ2n) is 6.39. The van der Waals surface area contributed by atoms with Gasteiger partial charge in [-0.25, -0.2) is 8.42 Å². The van der Waals surface area contributed by atoms with Crippen LogP contribution in [0, 0.1) is 0 Å². The molecule has 0 spiro atoms. The van der Waals surface area contributed by atoms with Gasteiger partial charge in [0.15, 0.2) is 0 Å². The largest absolute Gasteiger partial charge is 0.354 e.